The van der Waals surface area contributed by atoms with Gasteiger partial charge in [-0.25, -0.2) is 0 Å². The maximum atomic E-state index is 12.0. The monoisotopic (exact) mass is 427 g/mol. The van der Waals surface area contributed by atoms with Gasteiger partial charge in [0.2, 0.25) is 5.91 Å². The summed E-state index contributed by atoms with van der Waals surface area (Å²) in [5.74, 6) is 0.595. The largest absolute Gasteiger partial charge is 0.493 e. The minimum absolute atomic E-state index is 0.113. The number of allylic oxidation sites excluding steroid dienone is 1. The summed E-state index contributed by atoms with van der Waals surface area (Å²) in [7, 11) is 0. The van der Waals surface area contributed by atoms with Crippen molar-refractivity contribution in [2.24, 2.45) is 0 Å². The molecule has 1 N–H and O–H groups in total. The third kappa shape index (κ3) is 4.25. The smallest absolute Gasteiger partial charge is 0.244 e. The first-order valence-corrected chi connectivity index (χ1v) is 9.73. The average molecular weight is 428 g/mol. The molecule has 0 radical (unpaired) electrons. The SMILES string of the molecule is CCNC(=O)/C=C(\C)c1cc2c(-c3ccc(Br)cc3)coc2cc1OCC. The number of fused-ring (bicyclic) bond motifs is 1. The molecule has 0 saturated carbocycles. The van der Waals surface area contributed by atoms with Gasteiger partial charge < -0.3 is 14.5 Å². The molecule has 0 atom stereocenters. The minimum Gasteiger partial charge on any atom is -0.493 e. The summed E-state index contributed by atoms with van der Waals surface area (Å²) in [5.41, 5.74) is 4.56. The first-order chi connectivity index (χ1) is 13.0. The number of hydrogen-bond acceptors (Lipinski definition) is 3. The molecule has 5 heteroatoms. The highest BCUT2D eigenvalue weighted by atomic mass is 79.9. The Kier molecular flexibility index (Phi) is 6.01. The number of carbonyl (C=O) groups is 1. The Morgan fingerprint density at radius 2 is 1.96 bits per heavy atom. The van der Waals surface area contributed by atoms with Gasteiger partial charge in [0, 0.05) is 39.7 Å². The van der Waals surface area contributed by atoms with Crippen molar-refractivity contribution in [1.29, 1.82) is 0 Å². The number of rotatable bonds is 6. The summed E-state index contributed by atoms with van der Waals surface area (Å²) in [6.07, 6.45) is 3.36. The van der Waals surface area contributed by atoms with Crippen molar-refractivity contribution < 1.29 is 13.9 Å². The van der Waals surface area contributed by atoms with Gasteiger partial charge in [-0.1, -0.05) is 28.1 Å². The molecule has 140 valence electrons. The van der Waals surface area contributed by atoms with E-state index >= 15 is 0 Å². The summed E-state index contributed by atoms with van der Waals surface area (Å²) in [6.45, 7) is 6.88. The van der Waals surface area contributed by atoms with Crippen molar-refractivity contribution in [3.05, 3.63) is 58.8 Å². The molecule has 3 rings (SSSR count). The second-order valence-electron chi connectivity index (χ2n) is 6.16. The highest BCUT2D eigenvalue weighted by Crippen LogP contribution is 2.37. The molecular formula is C22H22BrNO3. The Hall–Kier alpha value is -2.53. The normalized spacial score (nSPS) is 11.6. The lowest BCUT2D eigenvalue weighted by molar-refractivity contribution is -0.116. The molecule has 0 fully saturated rings. The van der Waals surface area contributed by atoms with Crippen molar-refractivity contribution in [2.45, 2.75) is 20.8 Å². The first-order valence-electron chi connectivity index (χ1n) is 8.94. The third-order valence-corrected chi connectivity index (χ3v) is 4.78. The Labute approximate surface area is 167 Å². The lowest BCUT2D eigenvalue weighted by Crippen LogP contribution is -2.20. The quantitative estimate of drug-likeness (QED) is 0.505. The average Bonchev–Trinajstić information content (AvgIpc) is 3.05. The Morgan fingerprint density at radius 3 is 2.63 bits per heavy atom. The van der Waals surface area contributed by atoms with Gasteiger partial charge in [-0.2, -0.15) is 0 Å². The van der Waals surface area contributed by atoms with E-state index in [2.05, 4.69) is 21.2 Å². The van der Waals surface area contributed by atoms with E-state index in [0.717, 1.165) is 37.7 Å². The second kappa shape index (κ2) is 8.44. The van der Waals surface area contributed by atoms with E-state index in [9.17, 15) is 4.79 Å². The molecule has 27 heavy (non-hydrogen) atoms. The maximum absolute atomic E-state index is 12.0. The molecule has 0 saturated heterocycles. The van der Waals surface area contributed by atoms with Crippen LogP contribution in [0.1, 0.15) is 26.3 Å². The number of amides is 1. The molecule has 1 amide bonds. The summed E-state index contributed by atoms with van der Waals surface area (Å²) < 4.78 is 12.6. The Balaban J connectivity index is 2.13. The van der Waals surface area contributed by atoms with Gasteiger partial charge in [-0.05, 0) is 50.1 Å². The number of benzene rings is 2. The van der Waals surface area contributed by atoms with E-state index in [1.165, 1.54) is 0 Å². The van der Waals surface area contributed by atoms with Crippen molar-refractivity contribution in [3.63, 3.8) is 0 Å². The summed E-state index contributed by atoms with van der Waals surface area (Å²) >= 11 is 3.47. The first kappa shape index (κ1) is 19.2. The topological polar surface area (TPSA) is 51.5 Å². The Bertz CT molecular complexity index is 987. The maximum Gasteiger partial charge on any atom is 0.244 e. The molecule has 0 aliphatic rings. The van der Waals surface area contributed by atoms with E-state index in [1.54, 1.807) is 12.3 Å². The van der Waals surface area contributed by atoms with Crippen molar-refractivity contribution >= 4 is 38.4 Å². The predicted octanol–water partition coefficient (Wildman–Crippen LogP) is 5.80. The van der Waals surface area contributed by atoms with Crippen LogP contribution >= 0.6 is 15.9 Å². The van der Waals surface area contributed by atoms with Gasteiger partial charge in [-0.15, -0.1) is 0 Å². The summed E-state index contributed by atoms with van der Waals surface area (Å²) in [6, 6.07) is 12.0. The third-order valence-electron chi connectivity index (χ3n) is 4.25. The molecule has 0 bridgehead atoms. The minimum atomic E-state index is -0.113. The van der Waals surface area contributed by atoms with Gasteiger partial charge in [0.1, 0.15) is 11.3 Å². The highest BCUT2D eigenvalue weighted by molar-refractivity contribution is 9.10. The van der Waals surface area contributed by atoms with Crippen LogP contribution in [-0.2, 0) is 4.79 Å². The fraction of sp³-hybridized carbons (Fsp3) is 0.227. The van der Waals surface area contributed by atoms with Crippen LogP contribution in [0.25, 0.3) is 27.7 Å². The van der Waals surface area contributed by atoms with Gasteiger partial charge in [0.15, 0.2) is 0 Å². The molecule has 0 aliphatic heterocycles. The fourth-order valence-electron chi connectivity index (χ4n) is 2.99. The molecule has 0 spiro atoms. The number of likely N-dealkylation sites (N-methyl/N-ethyl adjacent to an activating group) is 1. The predicted molar refractivity (Wildman–Crippen MR) is 113 cm³/mol. The molecule has 1 aromatic heterocycles. The molecule has 1 heterocycles. The van der Waals surface area contributed by atoms with Crippen LogP contribution in [0.15, 0.2) is 57.6 Å². The van der Waals surface area contributed by atoms with Crippen LogP contribution in [0, 0.1) is 0 Å². The lowest BCUT2D eigenvalue weighted by atomic mass is 9.99. The van der Waals surface area contributed by atoms with E-state index in [4.69, 9.17) is 9.15 Å². The van der Waals surface area contributed by atoms with Crippen LogP contribution in [-0.4, -0.2) is 19.1 Å². The van der Waals surface area contributed by atoms with Crippen LogP contribution in [0.4, 0.5) is 0 Å². The lowest BCUT2D eigenvalue weighted by Gasteiger charge is -2.11. The number of furan rings is 1. The zero-order chi connectivity index (χ0) is 19.4. The zero-order valence-electron chi connectivity index (χ0n) is 15.6. The van der Waals surface area contributed by atoms with Crippen molar-refractivity contribution in [1.82, 2.24) is 5.32 Å². The standard InChI is InChI=1S/C22H22BrNO3/c1-4-24-22(25)10-14(3)17-11-18-19(15-6-8-16(23)9-7-15)13-27-21(18)12-20(17)26-5-2/h6-13H,4-5H2,1-3H3,(H,24,25)/b14-10+. The number of carbonyl (C=O) groups excluding carboxylic acids is 1. The van der Waals surface area contributed by atoms with E-state index in [0.29, 0.717) is 18.9 Å². The summed E-state index contributed by atoms with van der Waals surface area (Å²) in [5, 5.41) is 3.78. The molecule has 3 aromatic rings. The van der Waals surface area contributed by atoms with Crippen LogP contribution < -0.4 is 10.1 Å². The fourth-order valence-corrected chi connectivity index (χ4v) is 3.26. The van der Waals surface area contributed by atoms with Crippen LogP contribution in [0.5, 0.6) is 5.75 Å². The van der Waals surface area contributed by atoms with Gasteiger partial charge in [0.05, 0.1) is 12.9 Å². The van der Waals surface area contributed by atoms with E-state index in [1.807, 2.05) is 57.2 Å². The van der Waals surface area contributed by atoms with Crippen LogP contribution in [0.3, 0.4) is 0 Å². The van der Waals surface area contributed by atoms with Gasteiger partial charge in [-0.3, -0.25) is 4.79 Å². The molecule has 0 unspecified atom stereocenters. The number of hydrogen-bond donors (Lipinski definition) is 1. The van der Waals surface area contributed by atoms with Gasteiger partial charge in [0.25, 0.3) is 0 Å². The van der Waals surface area contributed by atoms with Crippen molar-refractivity contribution in [2.75, 3.05) is 13.2 Å². The van der Waals surface area contributed by atoms with Crippen LogP contribution in [0.2, 0.25) is 0 Å². The number of halogens is 1. The molecule has 2 aromatic carbocycles. The van der Waals surface area contributed by atoms with Crippen molar-refractivity contribution in [3.8, 4) is 16.9 Å². The highest BCUT2D eigenvalue weighted by Gasteiger charge is 2.15. The summed E-state index contributed by atoms with van der Waals surface area (Å²) in [4.78, 5) is 12.0. The molecular weight excluding hydrogens is 406 g/mol. The molecule has 4 nitrogen and oxygen atoms in total. The molecule has 0 aliphatic carbocycles. The van der Waals surface area contributed by atoms with E-state index in [-0.39, 0.29) is 5.91 Å². The number of nitrogens with one attached hydrogen (secondary N) is 1. The Morgan fingerprint density at radius 1 is 1.22 bits per heavy atom. The zero-order valence-corrected chi connectivity index (χ0v) is 17.2. The van der Waals surface area contributed by atoms with Gasteiger partial charge >= 0.3 is 0 Å². The second-order valence-corrected chi connectivity index (χ2v) is 7.07. The number of ether oxygens (including phenoxy) is 1. The van der Waals surface area contributed by atoms with E-state index < -0.39 is 0 Å².